The summed E-state index contributed by atoms with van der Waals surface area (Å²) in [6.07, 6.45) is 0. The summed E-state index contributed by atoms with van der Waals surface area (Å²) in [4.78, 5) is 15.2. The summed E-state index contributed by atoms with van der Waals surface area (Å²) in [5, 5.41) is 4.49. The molecule has 0 aliphatic carbocycles. The molecule has 10 aromatic rings. The van der Waals surface area contributed by atoms with Crippen molar-refractivity contribution in [2.45, 2.75) is 0 Å². The molecule has 0 aliphatic heterocycles. The van der Waals surface area contributed by atoms with Crippen LogP contribution in [-0.4, -0.2) is 15.0 Å². The van der Waals surface area contributed by atoms with Gasteiger partial charge < -0.3 is 4.42 Å². The van der Waals surface area contributed by atoms with Crippen molar-refractivity contribution in [2.24, 2.45) is 0 Å². The summed E-state index contributed by atoms with van der Waals surface area (Å²) < 4.78 is 6.41. The van der Waals surface area contributed by atoms with Gasteiger partial charge in [0.15, 0.2) is 17.5 Å². The van der Waals surface area contributed by atoms with Gasteiger partial charge in [0.05, 0.1) is 5.56 Å². The lowest BCUT2D eigenvalue weighted by Crippen LogP contribution is -2.00. The fourth-order valence-electron chi connectivity index (χ4n) is 7.37. The largest absolute Gasteiger partial charge is 0.455 e. The first-order valence-corrected chi connectivity index (χ1v) is 17.8. The molecule has 2 aromatic heterocycles. The maximum absolute atomic E-state index is 6.41. The van der Waals surface area contributed by atoms with Crippen LogP contribution in [0.5, 0.6) is 0 Å². The molecule has 4 heteroatoms. The lowest BCUT2D eigenvalue weighted by Gasteiger charge is -2.14. The van der Waals surface area contributed by atoms with Gasteiger partial charge >= 0.3 is 0 Å². The molecule has 10 rings (SSSR count). The van der Waals surface area contributed by atoms with Crippen LogP contribution in [-0.2, 0) is 0 Å². The number of hydrogen-bond acceptors (Lipinski definition) is 4. The predicted octanol–water partition coefficient (Wildman–Crippen LogP) is 12.9. The third kappa shape index (κ3) is 5.54. The van der Waals surface area contributed by atoms with Crippen LogP contribution in [0.25, 0.3) is 100 Å². The molecule has 0 bridgehead atoms. The number of rotatable bonds is 6. The van der Waals surface area contributed by atoms with Gasteiger partial charge in [-0.3, -0.25) is 0 Å². The van der Waals surface area contributed by atoms with Crippen LogP contribution in [0.4, 0.5) is 0 Å². The van der Waals surface area contributed by atoms with Crippen LogP contribution in [0.1, 0.15) is 0 Å². The van der Waals surface area contributed by atoms with Gasteiger partial charge in [-0.25, -0.2) is 15.0 Å². The second-order valence-electron chi connectivity index (χ2n) is 13.2. The third-order valence-electron chi connectivity index (χ3n) is 9.97. The zero-order valence-electron chi connectivity index (χ0n) is 28.6. The normalized spacial score (nSPS) is 11.4. The van der Waals surface area contributed by atoms with Gasteiger partial charge in [0.25, 0.3) is 0 Å². The van der Waals surface area contributed by atoms with Gasteiger partial charge in [0, 0.05) is 21.9 Å². The molecule has 0 aliphatic rings. The minimum absolute atomic E-state index is 0.567. The Labute approximate surface area is 306 Å². The monoisotopic (exact) mass is 677 g/mol. The molecule has 0 fully saturated rings. The molecule has 4 nitrogen and oxygen atoms in total. The molecule has 0 atom stereocenters. The minimum atomic E-state index is 0.567. The van der Waals surface area contributed by atoms with E-state index in [1.165, 1.54) is 33.0 Å². The number of nitrogens with zero attached hydrogens (tertiary/aromatic N) is 3. The van der Waals surface area contributed by atoms with Crippen LogP contribution in [0.15, 0.2) is 192 Å². The fourth-order valence-corrected chi connectivity index (χ4v) is 7.37. The van der Waals surface area contributed by atoms with Gasteiger partial charge in [-0.1, -0.05) is 170 Å². The van der Waals surface area contributed by atoms with E-state index in [0.717, 1.165) is 49.8 Å². The first-order valence-electron chi connectivity index (χ1n) is 17.8. The summed E-state index contributed by atoms with van der Waals surface area (Å²) in [7, 11) is 0. The van der Waals surface area contributed by atoms with Crippen LogP contribution in [0, 0.1) is 0 Å². The number of fused-ring (bicyclic) bond motifs is 4. The van der Waals surface area contributed by atoms with Crippen molar-refractivity contribution < 1.29 is 4.42 Å². The van der Waals surface area contributed by atoms with Crippen molar-refractivity contribution >= 4 is 32.7 Å². The van der Waals surface area contributed by atoms with Crippen molar-refractivity contribution in [3.8, 4) is 67.5 Å². The summed E-state index contributed by atoms with van der Waals surface area (Å²) in [5.41, 5.74) is 11.3. The van der Waals surface area contributed by atoms with Gasteiger partial charge in [-0.05, 0) is 62.4 Å². The first-order chi connectivity index (χ1) is 26.3. The molecule has 0 N–H and O–H groups in total. The highest BCUT2D eigenvalue weighted by atomic mass is 16.3. The van der Waals surface area contributed by atoms with Crippen molar-refractivity contribution in [3.63, 3.8) is 0 Å². The number of aromatic nitrogens is 3. The van der Waals surface area contributed by atoms with Crippen LogP contribution < -0.4 is 0 Å². The summed E-state index contributed by atoms with van der Waals surface area (Å²) >= 11 is 0. The predicted molar refractivity (Wildman–Crippen MR) is 217 cm³/mol. The molecule has 2 heterocycles. The average Bonchev–Trinajstić information content (AvgIpc) is 3.63. The summed E-state index contributed by atoms with van der Waals surface area (Å²) in [5.74, 6) is 1.78. The van der Waals surface area contributed by atoms with Crippen LogP contribution >= 0.6 is 0 Å². The molecule has 0 amide bonds. The maximum Gasteiger partial charge on any atom is 0.167 e. The van der Waals surface area contributed by atoms with Crippen molar-refractivity contribution in [3.05, 3.63) is 188 Å². The lowest BCUT2D eigenvalue weighted by molar-refractivity contribution is 0.669. The smallest absolute Gasteiger partial charge is 0.167 e. The fraction of sp³-hybridized carbons (Fsp3) is 0. The minimum Gasteiger partial charge on any atom is -0.455 e. The molecule has 53 heavy (non-hydrogen) atoms. The Morgan fingerprint density at radius 1 is 0.283 bits per heavy atom. The molecule has 0 saturated carbocycles. The zero-order chi connectivity index (χ0) is 35.1. The number of para-hydroxylation sites is 2. The topological polar surface area (TPSA) is 51.8 Å². The Kier molecular flexibility index (Phi) is 7.43. The lowest BCUT2D eigenvalue weighted by atomic mass is 9.91. The standard InChI is InChI=1S/C49H31N3O/c1-3-13-32(14-4-1)33-25-27-34(28-26-33)38-29-30-39(41-20-8-7-19-40(38)41)36-17-11-18-37(31-36)48-50-47(35-15-5-2-6-16-35)51-49(52-48)44-23-12-22-43-42-21-9-10-24-45(42)53-46(43)44/h1-31H. The molecule has 0 spiro atoms. The van der Waals surface area contributed by atoms with Gasteiger partial charge in [0.1, 0.15) is 11.2 Å². The van der Waals surface area contributed by atoms with E-state index in [1.807, 2.05) is 60.7 Å². The second kappa shape index (κ2) is 12.9. The number of benzene rings is 8. The van der Waals surface area contributed by atoms with E-state index in [-0.39, 0.29) is 0 Å². The maximum atomic E-state index is 6.41. The van der Waals surface area contributed by atoms with E-state index in [9.17, 15) is 0 Å². The molecular formula is C49H31N3O. The van der Waals surface area contributed by atoms with Crippen molar-refractivity contribution in [1.29, 1.82) is 0 Å². The SMILES string of the molecule is c1ccc(-c2ccc(-c3ccc(-c4cccc(-c5nc(-c6ccccc6)nc(-c6cccc7c6oc6ccccc67)n5)c4)c4ccccc34)cc2)cc1. The molecule has 8 aromatic carbocycles. The Morgan fingerprint density at radius 3 is 1.51 bits per heavy atom. The Bertz CT molecular complexity index is 2930. The van der Waals surface area contributed by atoms with E-state index < -0.39 is 0 Å². The zero-order valence-corrected chi connectivity index (χ0v) is 28.6. The average molecular weight is 678 g/mol. The number of furan rings is 1. The van der Waals surface area contributed by atoms with E-state index >= 15 is 0 Å². The van der Waals surface area contributed by atoms with E-state index in [0.29, 0.717) is 17.5 Å². The summed E-state index contributed by atoms with van der Waals surface area (Å²) in [6.45, 7) is 0. The van der Waals surface area contributed by atoms with E-state index in [4.69, 9.17) is 19.4 Å². The number of hydrogen-bond donors (Lipinski definition) is 0. The quantitative estimate of drug-likeness (QED) is 0.176. The Balaban J connectivity index is 1.09. The highest BCUT2D eigenvalue weighted by Crippen LogP contribution is 2.39. The van der Waals surface area contributed by atoms with E-state index in [1.54, 1.807) is 0 Å². The highest BCUT2D eigenvalue weighted by molar-refractivity contribution is 6.09. The Morgan fingerprint density at radius 2 is 0.774 bits per heavy atom. The Hall–Kier alpha value is -7.17. The third-order valence-corrected chi connectivity index (χ3v) is 9.97. The van der Waals surface area contributed by atoms with Crippen LogP contribution in [0.3, 0.4) is 0 Å². The summed E-state index contributed by atoms with van der Waals surface area (Å²) in [6, 6.07) is 65.3. The van der Waals surface area contributed by atoms with Gasteiger partial charge in [-0.15, -0.1) is 0 Å². The van der Waals surface area contributed by atoms with Crippen molar-refractivity contribution in [2.75, 3.05) is 0 Å². The molecule has 248 valence electrons. The second-order valence-corrected chi connectivity index (χ2v) is 13.2. The van der Waals surface area contributed by atoms with Gasteiger partial charge in [-0.2, -0.15) is 0 Å². The van der Waals surface area contributed by atoms with Gasteiger partial charge in [0.2, 0.25) is 0 Å². The molecule has 0 unspecified atom stereocenters. The molecule has 0 saturated heterocycles. The van der Waals surface area contributed by atoms with Crippen LogP contribution in [0.2, 0.25) is 0 Å². The molecular weight excluding hydrogens is 647 g/mol. The highest BCUT2D eigenvalue weighted by Gasteiger charge is 2.18. The van der Waals surface area contributed by atoms with Crippen molar-refractivity contribution in [1.82, 2.24) is 15.0 Å². The first kappa shape index (κ1) is 30.6. The molecule has 0 radical (unpaired) electrons. The van der Waals surface area contributed by atoms with E-state index in [2.05, 4.69) is 127 Å².